The van der Waals surface area contributed by atoms with E-state index in [4.69, 9.17) is 5.73 Å². The average Bonchev–Trinajstić information content (AvgIpc) is 2.74. The normalized spacial score (nSPS) is 13.6. The van der Waals surface area contributed by atoms with Gasteiger partial charge in [0.15, 0.2) is 0 Å². The zero-order chi connectivity index (χ0) is 14.9. The number of primary amides is 1. The molecule has 1 aliphatic carbocycles. The molecular formula is C12H12N2O5S. The van der Waals surface area contributed by atoms with E-state index in [-0.39, 0.29) is 22.8 Å². The number of thiophene rings is 1. The first kappa shape index (κ1) is 14.2. The minimum atomic E-state index is -1.07. The van der Waals surface area contributed by atoms with Crippen molar-refractivity contribution in [3.63, 3.8) is 0 Å². The van der Waals surface area contributed by atoms with E-state index >= 15 is 0 Å². The summed E-state index contributed by atoms with van der Waals surface area (Å²) in [5, 5.41) is 2.50. The summed E-state index contributed by atoms with van der Waals surface area (Å²) in [5.74, 6) is -2.68. The Bertz CT molecular complexity index is 620. The molecule has 0 spiro atoms. The molecule has 7 nitrogen and oxygen atoms in total. The second-order valence-electron chi connectivity index (χ2n) is 4.23. The molecule has 0 unspecified atom stereocenters. The van der Waals surface area contributed by atoms with Crippen LogP contribution in [0.15, 0.2) is 0 Å². The Morgan fingerprint density at radius 1 is 1.30 bits per heavy atom. The highest BCUT2D eigenvalue weighted by molar-refractivity contribution is 7.17. The summed E-state index contributed by atoms with van der Waals surface area (Å²) >= 11 is 1.09. The fraction of sp³-hybridized carbons (Fsp3) is 0.333. The Morgan fingerprint density at radius 2 is 2.00 bits per heavy atom. The molecule has 3 N–H and O–H groups in total. The van der Waals surface area contributed by atoms with Crippen LogP contribution in [0.2, 0.25) is 0 Å². The number of hydrogen-bond acceptors (Lipinski definition) is 6. The minimum Gasteiger partial charge on any atom is -0.462 e. The number of anilines is 1. The van der Waals surface area contributed by atoms with Gasteiger partial charge >= 0.3 is 11.9 Å². The predicted molar refractivity (Wildman–Crippen MR) is 70.5 cm³/mol. The molecule has 1 aromatic heterocycles. The van der Waals surface area contributed by atoms with E-state index in [1.54, 1.807) is 0 Å². The zero-order valence-corrected chi connectivity index (χ0v) is 11.5. The first-order chi connectivity index (χ1) is 9.43. The number of carbonyl (C=O) groups excluding carboxylic acids is 4. The molecule has 0 radical (unpaired) electrons. The molecule has 2 amide bonds. The summed E-state index contributed by atoms with van der Waals surface area (Å²) in [6.45, 7) is 0. The number of ether oxygens (including phenoxy) is 1. The first-order valence-electron chi connectivity index (χ1n) is 5.79. The lowest BCUT2D eigenvalue weighted by molar-refractivity contribution is -0.150. The van der Waals surface area contributed by atoms with E-state index in [0.29, 0.717) is 23.3 Å². The third-order valence-electron chi connectivity index (χ3n) is 2.95. The van der Waals surface area contributed by atoms with Gasteiger partial charge in [-0.15, -0.1) is 11.3 Å². The zero-order valence-electron chi connectivity index (χ0n) is 10.6. The summed E-state index contributed by atoms with van der Waals surface area (Å²) in [6, 6.07) is 0. The molecule has 1 aromatic rings. The lowest BCUT2D eigenvalue weighted by Crippen LogP contribution is -2.25. The van der Waals surface area contributed by atoms with Gasteiger partial charge in [0.25, 0.3) is 5.91 Å². The third-order valence-corrected chi connectivity index (χ3v) is 4.09. The van der Waals surface area contributed by atoms with E-state index in [9.17, 15) is 19.2 Å². The summed E-state index contributed by atoms with van der Waals surface area (Å²) in [6.07, 6.45) is 0.972. The van der Waals surface area contributed by atoms with E-state index < -0.39 is 17.8 Å². The highest BCUT2D eigenvalue weighted by Crippen LogP contribution is 2.37. The Balaban J connectivity index is 2.38. The van der Waals surface area contributed by atoms with Crippen molar-refractivity contribution in [1.82, 2.24) is 0 Å². The van der Waals surface area contributed by atoms with E-state index in [1.165, 1.54) is 0 Å². The van der Waals surface area contributed by atoms with Gasteiger partial charge in [-0.1, -0.05) is 0 Å². The van der Waals surface area contributed by atoms with Crippen LogP contribution in [0, 0.1) is 0 Å². The maximum absolute atomic E-state index is 11.5. The summed E-state index contributed by atoms with van der Waals surface area (Å²) in [7, 11) is 1.08. The van der Waals surface area contributed by atoms with E-state index in [0.717, 1.165) is 18.4 Å². The standard InChI is InChI=1S/C12H12N2O5S/c1-19-12(18)10(17)14-11-8(9(13)16)6-3-2-5(15)4-7(6)20-11/h2-4H2,1H3,(H2,13,16)(H,14,17). The molecule has 0 aliphatic heterocycles. The van der Waals surface area contributed by atoms with Crippen LogP contribution >= 0.6 is 11.3 Å². The average molecular weight is 296 g/mol. The molecule has 0 bridgehead atoms. The molecule has 0 saturated heterocycles. The molecule has 1 aliphatic rings. The summed E-state index contributed by atoms with van der Waals surface area (Å²) in [5.41, 5.74) is 6.18. The SMILES string of the molecule is COC(=O)C(=O)Nc1sc2c(c1C(N)=O)CCC(=O)C2. The van der Waals surface area contributed by atoms with Crippen LogP contribution in [0.4, 0.5) is 5.00 Å². The molecule has 1 heterocycles. The van der Waals surface area contributed by atoms with Crippen LogP contribution in [0.5, 0.6) is 0 Å². The maximum atomic E-state index is 11.5. The van der Waals surface area contributed by atoms with Crippen molar-refractivity contribution >= 4 is 39.9 Å². The topological polar surface area (TPSA) is 116 Å². The Hall–Kier alpha value is -2.22. The van der Waals surface area contributed by atoms with Crippen molar-refractivity contribution in [1.29, 1.82) is 0 Å². The Kier molecular flexibility index (Phi) is 3.84. The van der Waals surface area contributed by atoms with Crippen LogP contribution in [0.25, 0.3) is 0 Å². The van der Waals surface area contributed by atoms with Gasteiger partial charge in [-0.2, -0.15) is 0 Å². The van der Waals surface area contributed by atoms with Crippen LogP contribution in [-0.4, -0.2) is 30.7 Å². The molecule has 0 saturated carbocycles. The molecule has 0 fully saturated rings. The number of amides is 2. The number of methoxy groups -OCH3 is 1. The Morgan fingerprint density at radius 3 is 2.60 bits per heavy atom. The smallest absolute Gasteiger partial charge is 0.396 e. The monoisotopic (exact) mass is 296 g/mol. The number of nitrogens with one attached hydrogen (secondary N) is 1. The molecule has 0 aromatic carbocycles. The number of carbonyl (C=O) groups is 4. The van der Waals surface area contributed by atoms with Gasteiger partial charge in [0.2, 0.25) is 0 Å². The van der Waals surface area contributed by atoms with Crippen molar-refractivity contribution in [2.75, 3.05) is 12.4 Å². The van der Waals surface area contributed by atoms with Crippen molar-refractivity contribution in [2.45, 2.75) is 19.3 Å². The highest BCUT2D eigenvalue weighted by Gasteiger charge is 2.28. The molecule has 2 rings (SSSR count). The summed E-state index contributed by atoms with van der Waals surface area (Å²) in [4.78, 5) is 46.2. The lowest BCUT2D eigenvalue weighted by Gasteiger charge is -2.10. The fourth-order valence-corrected chi connectivity index (χ4v) is 3.32. The molecule has 106 valence electrons. The number of hydrogen-bond donors (Lipinski definition) is 2. The Labute approximate surface area is 118 Å². The van der Waals surface area contributed by atoms with Crippen LogP contribution in [0.1, 0.15) is 27.2 Å². The van der Waals surface area contributed by atoms with Gasteiger partial charge in [0, 0.05) is 17.7 Å². The van der Waals surface area contributed by atoms with Crippen molar-refractivity contribution in [3.8, 4) is 0 Å². The number of esters is 1. The van der Waals surface area contributed by atoms with Gasteiger partial charge in [-0.3, -0.25) is 14.4 Å². The molecule has 8 heteroatoms. The molecule has 20 heavy (non-hydrogen) atoms. The van der Waals surface area contributed by atoms with Gasteiger partial charge in [-0.05, 0) is 12.0 Å². The van der Waals surface area contributed by atoms with Crippen LogP contribution < -0.4 is 11.1 Å². The van der Waals surface area contributed by atoms with Crippen molar-refractivity contribution in [2.24, 2.45) is 5.73 Å². The first-order valence-corrected chi connectivity index (χ1v) is 6.61. The van der Waals surface area contributed by atoms with E-state index in [2.05, 4.69) is 10.1 Å². The fourth-order valence-electron chi connectivity index (χ4n) is 2.05. The number of nitrogens with two attached hydrogens (primary N) is 1. The molecular weight excluding hydrogens is 284 g/mol. The number of fused-ring (bicyclic) bond motifs is 1. The largest absolute Gasteiger partial charge is 0.462 e. The quantitative estimate of drug-likeness (QED) is 0.589. The van der Waals surface area contributed by atoms with E-state index in [1.807, 2.05) is 0 Å². The van der Waals surface area contributed by atoms with Crippen molar-refractivity contribution in [3.05, 3.63) is 16.0 Å². The number of ketones is 1. The van der Waals surface area contributed by atoms with Crippen LogP contribution in [-0.2, 0) is 32.0 Å². The number of Topliss-reactive ketones (excluding diaryl/α,β-unsaturated/α-hetero) is 1. The van der Waals surface area contributed by atoms with Crippen LogP contribution in [0.3, 0.4) is 0 Å². The maximum Gasteiger partial charge on any atom is 0.396 e. The second kappa shape index (κ2) is 5.41. The van der Waals surface area contributed by atoms with Gasteiger partial charge in [-0.25, -0.2) is 4.79 Å². The summed E-state index contributed by atoms with van der Waals surface area (Å²) < 4.78 is 4.29. The third kappa shape index (κ3) is 2.55. The highest BCUT2D eigenvalue weighted by atomic mass is 32.1. The number of rotatable bonds is 2. The predicted octanol–water partition coefficient (Wildman–Crippen LogP) is 0.0163. The second-order valence-corrected chi connectivity index (χ2v) is 5.34. The van der Waals surface area contributed by atoms with Gasteiger partial charge < -0.3 is 15.8 Å². The lowest BCUT2D eigenvalue weighted by atomic mass is 9.94. The van der Waals surface area contributed by atoms with Gasteiger partial charge in [0.1, 0.15) is 10.8 Å². The minimum absolute atomic E-state index is 0.0700. The molecule has 0 atom stereocenters. The van der Waals surface area contributed by atoms with Crippen molar-refractivity contribution < 1.29 is 23.9 Å². The van der Waals surface area contributed by atoms with Gasteiger partial charge in [0.05, 0.1) is 12.7 Å².